The average molecular weight is 611 g/mol. The molecule has 16 nitrogen and oxygen atoms in total. The molecule has 0 aliphatic carbocycles. The van der Waals surface area contributed by atoms with Crippen molar-refractivity contribution >= 4 is 11.0 Å². The number of phenols is 3. The summed E-state index contributed by atoms with van der Waals surface area (Å²) in [5, 5.41) is 91.5. The van der Waals surface area contributed by atoms with Crippen LogP contribution in [0.3, 0.4) is 0 Å². The van der Waals surface area contributed by atoms with Crippen molar-refractivity contribution in [3.05, 3.63) is 40.6 Å². The number of benzene rings is 2. The van der Waals surface area contributed by atoms with E-state index < -0.39 is 96.9 Å². The molecule has 9 atom stereocenters. The summed E-state index contributed by atoms with van der Waals surface area (Å²) in [7, 11) is 1.32. The number of hydrogen-bond donors (Lipinski definition) is 9. The zero-order valence-electron chi connectivity index (χ0n) is 22.4. The summed E-state index contributed by atoms with van der Waals surface area (Å²) >= 11 is 0. The summed E-state index contributed by atoms with van der Waals surface area (Å²) in [6.07, 6.45) is -15.4. The van der Waals surface area contributed by atoms with E-state index >= 15 is 0 Å². The Hall–Kier alpha value is -3.71. The van der Waals surface area contributed by atoms with Gasteiger partial charge < -0.3 is 74.1 Å². The van der Waals surface area contributed by atoms with Crippen LogP contribution in [-0.2, 0) is 14.2 Å². The lowest BCUT2D eigenvalue weighted by Gasteiger charge is -2.44. The Bertz CT molecular complexity index is 1520. The van der Waals surface area contributed by atoms with Gasteiger partial charge in [-0.15, -0.1) is 0 Å². The summed E-state index contributed by atoms with van der Waals surface area (Å²) in [6, 6.07) is 5.87. The Labute approximate surface area is 241 Å². The van der Waals surface area contributed by atoms with E-state index in [1.165, 1.54) is 19.2 Å². The van der Waals surface area contributed by atoms with Gasteiger partial charge in [-0.3, -0.25) is 4.79 Å². The highest BCUT2D eigenvalue weighted by atomic mass is 16.8. The molecular formula is C27H30O16. The summed E-state index contributed by atoms with van der Waals surface area (Å²) in [6.45, 7) is -1.28. The molecule has 2 aliphatic heterocycles. The first-order chi connectivity index (χ1) is 20.4. The highest BCUT2D eigenvalue weighted by Crippen LogP contribution is 2.40. The molecule has 0 saturated carbocycles. The summed E-state index contributed by atoms with van der Waals surface area (Å²) in [5.74, 6) is -2.50. The molecule has 5 rings (SSSR count). The van der Waals surface area contributed by atoms with Crippen molar-refractivity contribution < 1.29 is 74.1 Å². The molecular weight excluding hydrogens is 580 g/mol. The molecule has 2 saturated heterocycles. The Balaban J connectivity index is 1.62. The molecule has 0 amide bonds. The number of aromatic hydroxyl groups is 3. The van der Waals surface area contributed by atoms with Gasteiger partial charge in [0.15, 0.2) is 29.7 Å². The number of fused-ring (bicyclic) bond motifs is 1. The third kappa shape index (κ3) is 5.67. The van der Waals surface area contributed by atoms with Gasteiger partial charge in [0.2, 0.25) is 17.5 Å². The Morgan fingerprint density at radius 2 is 1.63 bits per heavy atom. The van der Waals surface area contributed by atoms with E-state index in [0.29, 0.717) is 0 Å². The second-order valence-electron chi connectivity index (χ2n) is 9.99. The lowest BCUT2D eigenvalue weighted by Crippen LogP contribution is -2.64. The summed E-state index contributed by atoms with van der Waals surface area (Å²) < 4.78 is 33.4. The Morgan fingerprint density at radius 1 is 0.884 bits per heavy atom. The highest BCUT2D eigenvalue weighted by molar-refractivity contribution is 5.88. The van der Waals surface area contributed by atoms with Crippen molar-refractivity contribution in [1.82, 2.24) is 0 Å². The fraction of sp³-hybridized carbons (Fsp3) is 0.444. The van der Waals surface area contributed by atoms with Crippen LogP contribution in [0.5, 0.6) is 28.7 Å². The molecule has 1 aromatic heterocycles. The van der Waals surface area contributed by atoms with Crippen LogP contribution < -0.4 is 14.9 Å². The first-order valence-electron chi connectivity index (χ1n) is 13.0. The van der Waals surface area contributed by atoms with E-state index in [1.807, 2.05) is 0 Å². The van der Waals surface area contributed by atoms with Crippen LogP contribution in [0.4, 0.5) is 0 Å². The zero-order chi connectivity index (χ0) is 31.2. The normalized spacial score (nSPS) is 31.2. The fourth-order valence-electron chi connectivity index (χ4n) is 4.80. The zero-order valence-corrected chi connectivity index (χ0v) is 22.4. The minimum atomic E-state index is -1.89. The van der Waals surface area contributed by atoms with Gasteiger partial charge >= 0.3 is 0 Å². The molecule has 16 heteroatoms. The number of phenolic OH excluding ortho intramolecular Hbond substituents is 3. The number of hydrogen-bond acceptors (Lipinski definition) is 16. The molecule has 2 aromatic carbocycles. The monoisotopic (exact) mass is 610 g/mol. The SMILES string of the molecule is COc1cc(O)c2c(=O)c(OC3OC(CO)C(O)C(O)C3OC3OCC(O)C(O)C3O)c(-c3ccc(O)c(O)c3)oc2c1. The van der Waals surface area contributed by atoms with Gasteiger partial charge in [0.05, 0.1) is 20.3 Å². The van der Waals surface area contributed by atoms with Crippen LogP contribution in [0, 0.1) is 0 Å². The van der Waals surface area contributed by atoms with Crippen molar-refractivity contribution in [3.63, 3.8) is 0 Å². The van der Waals surface area contributed by atoms with E-state index in [1.54, 1.807) is 0 Å². The summed E-state index contributed by atoms with van der Waals surface area (Å²) in [4.78, 5) is 13.8. The standard InChI is InChI=1S/C27H30O16/c1-38-10-5-13(31)17-15(6-10)40-23(9-2-3-11(29)12(30)4-9)24(20(17)35)42-27-25(21(36)19(34)16(7-28)41-27)43-26-22(37)18(33)14(32)8-39-26/h2-6,14,16,18-19,21-22,25-34,36-37H,7-8H2,1H3. The van der Waals surface area contributed by atoms with Crippen LogP contribution in [0.1, 0.15) is 0 Å². The molecule has 43 heavy (non-hydrogen) atoms. The Morgan fingerprint density at radius 3 is 2.30 bits per heavy atom. The third-order valence-electron chi connectivity index (χ3n) is 7.18. The van der Waals surface area contributed by atoms with Gasteiger partial charge in [0.25, 0.3) is 0 Å². The molecule has 9 unspecified atom stereocenters. The first-order valence-corrected chi connectivity index (χ1v) is 13.0. The van der Waals surface area contributed by atoms with Crippen molar-refractivity contribution in [3.8, 4) is 40.1 Å². The third-order valence-corrected chi connectivity index (χ3v) is 7.18. The summed E-state index contributed by atoms with van der Waals surface area (Å²) in [5.41, 5.74) is -1.13. The molecule has 3 aromatic rings. The van der Waals surface area contributed by atoms with Gasteiger partial charge in [0, 0.05) is 17.7 Å². The largest absolute Gasteiger partial charge is 0.507 e. The highest BCUT2D eigenvalue weighted by Gasteiger charge is 2.50. The number of ether oxygens (including phenoxy) is 5. The number of rotatable bonds is 7. The minimum Gasteiger partial charge on any atom is -0.507 e. The van der Waals surface area contributed by atoms with E-state index in [0.717, 1.165) is 18.2 Å². The molecule has 2 aliphatic rings. The maximum atomic E-state index is 13.8. The van der Waals surface area contributed by atoms with Crippen molar-refractivity contribution in [2.75, 3.05) is 20.3 Å². The van der Waals surface area contributed by atoms with Gasteiger partial charge in [-0.1, -0.05) is 0 Å². The van der Waals surface area contributed by atoms with Crippen LogP contribution >= 0.6 is 0 Å². The number of methoxy groups -OCH3 is 1. The molecule has 9 N–H and O–H groups in total. The van der Waals surface area contributed by atoms with E-state index in [9.17, 15) is 50.8 Å². The number of aliphatic hydroxyl groups is 6. The molecule has 234 valence electrons. The molecule has 0 radical (unpaired) electrons. The molecule has 2 fully saturated rings. The lowest BCUT2D eigenvalue weighted by atomic mass is 9.98. The van der Waals surface area contributed by atoms with Gasteiger partial charge in [-0.2, -0.15) is 0 Å². The second-order valence-corrected chi connectivity index (χ2v) is 9.99. The maximum absolute atomic E-state index is 13.8. The second kappa shape index (κ2) is 12.1. The van der Waals surface area contributed by atoms with Crippen LogP contribution in [0.25, 0.3) is 22.3 Å². The van der Waals surface area contributed by atoms with E-state index in [-0.39, 0.29) is 28.0 Å². The van der Waals surface area contributed by atoms with E-state index in [4.69, 9.17) is 28.1 Å². The predicted molar refractivity (Wildman–Crippen MR) is 140 cm³/mol. The van der Waals surface area contributed by atoms with Gasteiger partial charge in [-0.25, -0.2) is 0 Å². The van der Waals surface area contributed by atoms with Gasteiger partial charge in [-0.05, 0) is 18.2 Å². The topological polar surface area (TPSA) is 258 Å². The maximum Gasteiger partial charge on any atom is 0.239 e. The quantitative estimate of drug-likeness (QED) is 0.134. The smallest absolute Gasteiger partial charge is 0.239 e. The van der Waals surface area contributed by atoms with Crippen molar-refractivity contribution in [2.24, 2.45) is 0 Å². The first kappa shape index (κ1) is 30.7. The van der Waals surface area contributed by atoms with Crippen LogP contribution in [0.15, 0.2) is 39.5 Å². The minimum absolute atomic E-state index is 0.00215. The lowest BCUT2D eigenvalue weighted by molar-refractivity contribution is -0.345. The molecule has 3 heterocycles. The Kier molecular flexibility index (Phi) is 8.66. The van der Waals surface area contributed by atoms with Crippen molar-refractivity contribution in [2.45, 2.75) is 55.3 Å². The van der Waals surface area contributed by atoms with Crippen LogP contribution in [0.2, 0.25) is 0 Å². The fourth-order valence-corrected chi connectivity index (χ4v) is 4.80. The number of aliphatic hydroxyl groups excluding tert-OH is 6. The average Bonchev–Trinajstić information content (AvgIpc) is 2.98. The van der Waals surface area contributed by atoms with Crippen LogP contribution in [-0.4, -0.2) is 122 Å². The van der Waals surface area contributed by atoms with E-state index in [2.05, 4.69) is 0 Å². The van der Waals surface area contributed by atoms with Gasteiger partial charge in [0.1, 0.15) is 59.1 Å². The van der Waals surface area contributed by atoms with Crippen molar-refractivity contribution in [1.29, 1.82) is 0 Å². The molecule has 0 spiro atoms. The molecule has 0 bridgehead atoms. The predicted octanol–water partition coefficient (Wildman–Crippen LogP) is -1.77.